The third-order valence-electron chi connectivity index (χ3n) is 4.31. The van der Waals surface area contributed by atoms with Crippen molar-refractivity contribution in [2.75, 3.05) is 0 Å². The highest BCUT2D eigenvalue weighted by molar-refractivity contribution is 5.80. The molecule has 17 heavy (non-hydrogen) atoms. The van der Waals surface area contributed by atoms with Gasteiger partial charge in [-0.3, -0.25) is 4.79 Å². The van der Waals surface area contributed by atoms with Gasteiger partial charge in [0.15, 0.2) is 0 Å². The van der Waals surface area contributed by atoms with Crippen molar-refractivity contribution in [3.05, 3.63) is 12.2 Å². The Bertz CT molecular complexity index is 319. The van der Waals surface area contributed by atoms with E-state index in [0.29, 0.717) is 18.3 Å². The molecule has 0 bridgehead atoms. The highest BCUT2D eigenvalue weighted by Crippen LogP contribution is 2.48. The maximum Gasteiger partial charge on any atom is 0.130 e. The molecule has 0 heterocycles. The van der Waals surface area contributed by atoms with Gasteiger partial charge in [-0.2, -0.15) is 0 Å². The molecule has 0 amide bonds. The van der Waals surface area contributed by atoms with Crippen LogP contribution in [0.2, 0.25) is 0 Å². The van der Waals surface area contributed by atoms with Crippen LogP contribution in [-0.4, -0.2) is 12.1 Å². The molecule has 0 N–H and O–H groups in total. The molecule has 1 saturated carbocycles. The minimum atomic E-state index is -0.428. The van der Waals surface area contributed by atoms with Crippen LogP contribution in [0.4, 0.5) is 0 Å². The van der Waals surface area contributed by atoms with E-state index in [1.165, 1.54) is 0 Å². The molecule has 1 rings (SSSR count). The molecule has 1 fully saturated rings. The summed E-state index contributed by atoms with van der Waals surface area (Å²) in [4.78, 5) is 23.0. The third kappa shape index (κ3) is 3.05. The lowest BCUT2D eigenvalue weighted by Gasteiger charge is -2.43. The van der Waals surface area contributed by atoms with Crippen molar-refractivity contribution in [2.24, 2.45) is 17.3 Å². The van der Waals surface area contributed by atoms with Gasteiger partial charge in [0.1, 0.15) is 12.1 Å². The molecule has 3 atom stereocenters. The van der Waals surface area contributed by atoms with Crippen LogP contribution in [0.3, 0.4) is 0 Å². The van der Waals surface area contributed by atoms with Crippen molar-refractivity contribution in [1.29, 1.82) is 0 Å². The van der Waals surface area contributed by atoms with Crippen molar-refractivity contribution in [3.8, 4) is 0 Å². The van der Waals surface area contributed by atoms with E-state index in [1.54, 1.807) is 6.92 Å². The second-order valence-electron chi connectivity index (χ2n) is 5.66. The number of ketones is 1. The average Bonchev–Trinajstić information content (AvgIpc) is 2.27. The molecule has 0 saturated heterocycles. The summed E-state index contributed by atoms with van der Waals surface area (Å²) in [5, 5.41) is 0. The zero-order valence-electron chi connectivity index (χ0n) is 11.3. The lowest BCUT2D eigenvalue weighted by molar-refractivity contribution is -0.131. The molecule has 0 aromatic rings. The van der Waals surface area contributed by atoms with Gasteiger partial charge in [0.05, 0.1) is 0 Å². The predicted molar refractivity (Wildman–Crippen MR) is 69.7 cm³/mol. The molecular weight excluding hydrogens is 212 g/mol. The Morgan fingerprint density at radius 1 is 1.41 bits per heavy atom. The van der Waals surface area contributed by atoms with Crippen LogP contribution < -0.4 is 0 Å². The number of hydrogen-bond acceptors (Lipinski definition) is 2. The fraction of sp³-hybridized carbons (Fsp3) is 0.733. The van der Waals surface area contributed by atoms with Gasteiger partial charge in [-0.25, -0.2) is 0 Å². The van der Waals surface area contributed by atoms with Crippen molar-refractivity contribution in [2.45, 2.75) is 52.9 Å². The quantitative estimate of drug-likeness (QED) is 0.540. The summed E-state index contributed by atoms with van der Waals surface area (Å²) in [7, 11) is 0. The number of carbonyl (C=O) groups excluding carboxylic acids is 2. The van der Waals surface area contributed by atoms with Crippen molar-refractivity contribution in [1.82, 2.24) is 0 Å². The van der Waals surface area contributed by atoms with Gasteiger partial charge < -0.3 is 4.79 Å². The Kier molecular flexibility index (Phi) is 4.67. The molecule has 0 radical (unpaired) electrons. The van der Waals surface area contributed by atoms with Gasteiger partial charge in [0.25, 0.3) is 0 Å². The summed E-state index contributed by atoms with van der Waals surface area (Å²) in [6.07, 6.45) is 5.40. The van der Waals surface area contributed by atoms with Gasteiger partial charge in [0, 0.05) is 11.8 Å². The number of aldehydes is 1. The lowest BCUT2D eigenvalue weighted by Crippen LogP contribution is -2.40. The second-order valence-corrected chi connectivity index (χ2v) is 5.66. The van der Waals surface area contributed by atoms with Gasteiger partial charge in [-0.05, 0) is 44.9 Å². The SMILES string of the molecule is C=C(C)[C@H]1CC[C@H](CC)[C@@](C=O)(CC(C)=O)C1. The first-order valence-corrected chi connectivity index (χ1v) is 6.56. The molecule has 0 spiro atoms. The van der Waals surface area contributed by atoms with E-state index >= 15 is 0 Å². The van der Waals surface area contributed by atoms with E-state index in [0.717, 1.165) is 37.5 Å². The van der Waals surface area contributed by atoms with Crippen LogP contribution in [0.15, 0.2) is 12.2 Å². The van der Waals surface area contributed by atoms with Crippen LogP contribution in [-0.2, 0) is 9.59 Å². The maximum atomic E-state index is 11.6. The summed E-state index contributed by atoms with van der Waals surface area (Å²) >= 11 is 0. The molecule has 0 aromatic heterocycles. The summed E-state index contributed by atoms with van der Waals surface area (Å²) in [6, 6.07) is 0. The van der Waals surface area contributed by atoms with Crippen molar-refractivity contribution in [3.63, 3.8) is 0 Å². The topological polar surface area (TPSA) is 34.1 Å². The first kappa shape index (κ1) is 14.1. The first-order chi connectivity index (χ1) is 7.95. The molecule has 0 unspecified atom stereocenters. The largest absolute Gasteiger partial charge is 0.303 e. The molecule has 1 aliphatic rings. The predicted octanol–water partition coefficient (Wildman–Crippen LogP) is 3.55. The van der Waals surface area contributed by atoms with Crippen LogP contribution in [0, 0.1) is 17.3 Å². The van der Waals surface area contributed by atoms with Crippen LogP contribution in [0.25, 0.3) is 0 Å². The number of allylic oxidation sites excluding steroid dienone is 1. The smallest absolute Gasteiger partial charge is 0.130 e. The minimum absolute atomic E-state index is 0.123. The number of rotatable bonds is 5. The Morgan fingerprint density at radius 3 is 2.47 bits per heavy atom. The van der Waals surface area contributed by atoms with Crippen LogP contribution in [0.1, 0.15) is 52.9 Å². The van der Waals surface area contributed by atoms with Crippen LogP contribution >= 0.6 is 0 Å². The van der Waals surface area contributed by atoms with Crippen molar-refractivity contribution >= 4 is 12.1 Å². The molecular formula is C15H24O2. The molecule has 2 heteroatoms. The van der Waals surface area contributed by atoms with Gasteiger partial charge in [-0.15, -0.1) is 0 Å². The second kappa shape index (κ2) is 5.61. The third-order valence-corrected chi connectivity index (χ3v) is 4.31. The Labute approximate surface area is 104 Å². The summed E-state index contributed by atoms with van der Waals surface area (Å²) in [5.41, 5.74) is 0.719. The molecule has 96 valence electrons. The van der Waals surface area contributed by atoms with Crippen LogP contribution in [0.5, 0.6) is 0 Å². The average molecular weight is 236 g/mol. The summed E-state index contributed by atoms with van der Waals surface area (Å²) in [6.45, 7) is 9.74. The zero-order chi connectivity index (χ0) is 13.1. The normalized spacial score (nSPS) is 33.1. The van der Waals surface area contributed by atoms with Gasteiger partial charge >= 0.3 is 0 Å². The fourth-order valence-electron chi connectivity index (χ4n) is 3.31. The van der Waals surface area contributed by atoms with E-state index in [4.69, 9.17) is 0 Å². The first-order valence-electron chi connectivity index (χ1n) is 6.56. The van der Waals surface area contributed by atoms with E-state index in [1.807, 2.05) is 6.92 Å². The van der Waals surface area contributed by atoms with E-state index in [-0.39, 0.29) is 5.78 Å². The summed E-state index contributed by atoms with van der Waals surface area (Å²) in [5.74, 6) is 0.889. The fourth-order valence-corrected chi connectivity index (χ4v) is 3.31. The van der Waals surface area contributed by atoms with Gasteiger partial charge in [0.2, 0.25) is 0 Å². The number of carbonyl (C=O) groups is 2. The number of Topliss-reactive ketones (excluding diaryl/α,β-unsaturated/α-hetero) is 1. The van der Waals surface area contributed by atoms with E-state index in [2.05, 4.69) is 13.5 Å². The molecule has 0 aromatic carbocycles. The highest BCUT2D eigenvalue weighted by Gasteiger charge is 2.43. The van der Waals surface area contributed by atoms with Gasteiger partial charge in [-0.1, -0.05) is 25.5 Å². The molecule has 1 aliphatic carbocycles. The summed E-state index contributed by atoms with van der Waals surface area (Å²) < 4.78 is 0. The van der Waals surface area contributed by atoms with E-state index < -0.39 is 5.41 Å². The molecule has 0 aliphatic heterocycles. The Hall–Kier alpha value is -0.920. The Balaban J connectivity index is 2.96. The monoisotopic (exact) mass is 236 g/mol. The van der Waals surface area contributed by atoms with Crippen molar-refractivity contribution < 1.29 is 9.59 Å². The standard InChI is InChI=1S/C15H24O2/c1-5-14-7-6-13(11(2)3)9-15(14,10-16)8-12(4)17/h10,13-14H,2,5-9H2,1,3-4H3/t13-,14-,15-/m0/s1. The zero-order valence-corrected chi connectivity index (χ0v) is 11.3. The number of hydrogen-bond donors (Lipinski definition) is 0. The minimum Gasteiger partial charge on any atom is -0.303 e. The molecule has 2 nitrogen and oxygen atoms in total. The highest BCUT2D eigenvalue weighted by atomic mass is 16.1. The van der Waals surface area contributed by atoms with E-state index in [9.17, 15) is 9.59 Å². The maximum absolute atomic E-state index is 11.6. The Morgan fingerprint density at radius 2 is 2.06 bits per heavy atom. The lowest BCUT2D eigenvalue weighted by atomic mass is 9.60.